The van der Waals surface area contributed by atoms with Gasteiger partial charge in [-0.3, -0.25) is 19.2 Å². The average Bonchev–Trinajstić information content (AvgIpc) is 3.51. The molecule has 0 unspecified atom stereocenters. The Labute approximate surface area is 260 Å². The standard InChI is InChI=1S/C32H27N3O7S2/c1-3-41-31(39)18-11-13-20(14-12-18)35-29(37)25-24(26-28(34-32(40)44-26)43-27(25)30(35)38)19-8-6-9-21(15-19)42-16-23(36)33-22-10-5-4-7-17(22)2/h4-15,24-25,27H,3,16H2,1-2H3,(H,33,36)(H,34,40)/t24-,25-,27+/m0/s1. The van der Waals surface area contributed by atoms with Gasteiger partial charge < -0.3 is 19.8 Å². The van der Waals surface area contributed by atoms with Crippen LogP contribution in [0.15, 0.2) is 82.6 Å². The summed E-state index contributed by atoms with van der Waals surface area (Å²) in [5, 5.41) is 2.61. The predicted octanol–water partition coefficient (Wildman–Crippen LogP) is 4.73. The molecule has 3 amide bonds. The van der Waals surface area contributed by atoms with E-state index in [0.717, 1.165) is 21.8 Å². The summed E-state index contributed by atoms with van der Waals surface area (Å²) in [5.41, 5.74) is 2.95. The third kappa shape index (κ3) is 5.53. The molecule has 12 heteroatoms. The number of carbonyl (C=O) groups excluding carboxylic acids is 4. The van der Waals surface area contributed by atoms with E-state index in [4.69, 9.17) is 9.47 Å². The van der Waals surface area contributed by atoms with Crippen molar-refractivity contribution in [1.82, 2.24) is 4.98 Å². The van der Waals surface area contributed by atoms with E-state index in [-0.39, 0.29) is 24.0 Å². The molecule has 224 valence electrons. The van der Waals surface area contributed by atoms with Crippen LogP contribution in [0, 0.1) is 12.8 Å². The van der Waals surface area contributed by atoms with Gasteiger partial charge in [0.05, 0.1) is 28.8 Å². The first-order valence-corrected chi connectivity index (χ1v) is 15.6. The molecule has 3 atom stereocenters. The topological polar surface area (TPSA) is 135 Å². The van der Waals surface area contributed by atoms with Gasteiger partial charge in [0, 0.05) is 16.5 Å². The highest BCUT2D eigenvalue weighted by atomic mass is 32.2. The molecule has 4 aromatic rings. The van der Waals surface area contributed by atoms with Crippen molar-refractivity contribution in [3.8, 4) is 5.75 Å². The number of ether oxygens (including phenoxy) is 2. The van der Waals surface area contributed by atoms with E-state index in [2.05, 4.69) is 10.3 Å². The van der Waals surface area contributed by atoms with Gasteiger partial charge in [-0.1, -0.05) is 53.4 Å². The summed E-state index contributed by atoms with van der Waals surface area (Å²) in [6.07, 6.45) is 0. The largest absolute Gasteiger partial charge is 0.484 e. The summed E-state index contributed by atoms with van der Waals surface area (Å²) in [6.45, 7) is 3.60. The number of rotatable bonds is 8. The number of aromatic amines is 1. The van der Waals surface area contributed by atoms with Crippen LogP contribution in [0.3, 0.4) is 0 Å². The van der Waals surface area contributed by atoms with E-state index < -0.39 is 34.9 Å². The van der Waals surface area contributed by atoms with E-state index in [1.807, 2.05) is 37.3 Å². The van der Waals surface area contributed by atoms with Gasteiger partial charge in [0.15, 0.2) is 6.61 Å². The van der Waals surface area contributed by atoms with Crippen LogP contribution in [-0.4, -0.2) is 47.1 Å². The molecule has 1 aromatic heterocycles. The average molecular weight is 630 g/mol. The molecule has 3 aromatic carbocycles. The second-order valence-electron chi connectivity index (χ2n) is 10.3. The van der Waals surface area contributed by atoms with Crippen molar-refractivity contribution in [2.24, 2.45) is 5.92 Å². The normalized spacial score (nSPS) is 18.9. The van der Waals surface area contributed by atoms with Crippen LogP contribution < -0.4 is 19.8 Å². The second-order valence-corrected chi connectivity index (χ2v) is 12.4. The third-order valence-corrected chi connectivity index (χ3v) is 9.87. The van der Waals surface area contributed by atoms with Crippen molar-refractivity contribution in [2.45, 2.75) is 30.0 Å². The third-order valence-electron chi connectivity index (χ3n) is 7.47. The van der Waals surface area contributed by atoms with Crippen molar-refractivity contribution >= 4 is 58.2 Å². The molecule has 0 bridgehead atoms. The van der Waals surface area contributed by atoms with Gasteiger partial charge in [0.25, 0.3) is 5.91 Å². The number of esters is 1. The minimum atomic E-state index is -0.796. The van der Waals surface area contributed by atoms with Gasteiger partial charge in [0.1, 0.15) is 11.0 Å². The fourth-order valence-corrected chi connectivity index (χ4v) is 7.95. The minimum absolute atomic E-state index is 0.227. The number of para-hydroxylation sites is 1. The Hall–Kier alpha value is -4.68. The first-order valence-electron chi connectivity index (χ1n) is 13.9. The zero-order valence-corrected chi connectivity index (χ0v) is 25.3. The molecule has 44 heavy (non-hydrogen) atoms. The molecule has 0 saturated carbocycles. The number of thiazole rings is 1. The van der Waals surface area contributed by atoms with Crippen LogP contribution >= 0.6 is 23.1 Å². The minimum Gasteiger partial charge on any atom is -0.484 e. The molecule has 10 nitrogen and oxygen atoms in total. The van der Waals surface area contributed by atoms with E-state index in [1.54, 1.807) is 37.3 Å². The van der Waals surface area contributed by atoms with Gasteiger partial charge in [0.2, 0.25) is 11.8 Å². The predicted molar refractivity (Wildman–Crippen MR) is 167 cm³/mol. The Morgan fingerprint density at radius 3 is 2.50 bits per heavy atom. The summed E-state index contributed by atoms with van der Waals surface area (Å²) >= 11 is 2.19. The zero-order chi connectivity index (χ0) is 31.0. The summed E-state index contributed by atoms with van der Waals surface area (Å²) in [6, 6.07) is 20.6. The van der Waals surface area contributed by atoms with Crippen LogP contribution in [0.2, 0.25) is 0 Å². The fraction of sp³-hybridized carbons (Fsp3) is 0.219. The Morgan fingerprint density at radius 1 is 0.977 bits per heavy atom. The smallest absolute Gasteiger partial charge is 0.338 e. The molecule has 6 rings (SSSR count). The molecule has 0 radical (unpaired) electrons. The quantitative estimate of drug-likeness (QED) is 0.211. The van der Waals surface area contributed by atoms with E-state index >= 15 is 0 Å². The molecular formula is C32H27N3O7S2. The van der Waals surface area contributed by atoms with E-state index in [9.17, 15) is 24.0 Å². The van der Waals surface area contributed by atoms with Crippen molar-refractivity contribution in [3.05, 3.63) is 104 Å². The number of hydrogen-bond acceptors (Lipinski definition) is 9. The highest BCUT2D eigenvalue weighted by Crippen LogP contribution is 2.53. The summed E-state index contributed by atoms with van der Waals surface area (Å²) in [4.78, 5) is 69.2. The van der Waals surface area contributed by atoms with E-state index in [0.29, 0.717) is 38.2 Å². The maximum atomic E-state index is 14.0. The Kier molecular flexibility index (Phi) is 8.11. The Bertz CT molecular complexity index is 1830. The molecule has 3 heterocycles. The van der Waals surface area contributed by atoms with Crippen LogP contribution in [0.4, 0.5) is 11.4 Å². The van der Waals surface area contributed by atoms with Gasteiger partial charge in [-0.15, -0.1) is 0 Å². The number of imide groups is 1. The second kappa shape index (κ2) is 12.1. The number of thioether (sulfide) groups is 1. The lowest BCUT2D eigenvalue weighted by molar-refractivity contribution is -0.122. The number of aryl methyl sites for hydroxylation is 1. The van der Waals surface area contributed by atoms with Crippen molar-refractivity contribution in [3.63, 3.8) is 0 Å². The number of H-pyrrole nitrogens is 1. The summed E-state index contributed by atoms with van der Waals surface area (Å²) in [5.74, 6) is -2.63. The van der Waals surface area contributed by atoms with Gasteiger partial charge in [-0.05, 0) is 67.4 Å². The SMILES string of the molecule is CCOC(=O)c1ccc(N2C(=O)[C@H]3[C@H](c4cccc(OCC(=O)Nc5ccccc5C)c4)c4sc(=O)[nH]c4S[C@H]3C2=O)cc1. The first-order chi connectivity index (χ1) is 21.2. The molecule has 1 fully saturated rings. The lowest BCUT2D eigenvalue weighted by Crippen LogP contribution is -2.32. The number of carbonyl (C=O) groups is 4. The van der Waals surface area contributed by atoms with Gasteiger partial charge >= 0.3 is 10.8 Å². The maximum Gasteiger partial charge on any atom is 0.338 e. The summed E-state index contributed by atoms with van der Waals surface area (Å²) in [7, 11) is 0. The molecule has 1 saturated heterocycles. The molecule has 2 aliphatic heterocycles. The fourth-order valence-electron chi connectivity index (χ4n) is 5.44. The number of hydrogen-bond donors (Lipinski definition) is 2. The van der Waals surface area contributed by atoms with E-state index in [1.165, 1.54) is 23.9 Å². The Balaban J connectivity index is 1.27. The lowest BCUT2D eigenvalue weighted by atomic mass is 9.83. The number of fused-ring (bicyclic) bond motifs is 2. The van der Waals surface area contributed by atoms with Crippen molar-refractivity contribution < 1.29 is 28.7 Å². The molecule has 2 aliphatic rings. The number of benzene rings is 3. The van der Waals surface area contributed by atoms with Crippen molar-refractivity contribution in [1.29, 1.82) is 0 Å². The van der Waals surface area contributed by atoms with Crippen LogP contribution in [0.25, 0.3) is 0 Å². The zero-order valence-electron chi connectivity index (χ0n) is 23.7. The highest BCUT2D eigenvalue weighted by molar-refractivity contribution is 8.00. The number of amides is 3. The maximum absolute atomic E-state index is 14.0. The Morgan fingerprint density at radius 2 is 1.75 bits per heavy atom. The van der Waals surface area contributed by atoms with Crippen LogP contribution in [-0.2, 0) is 19.1 Å². The highest BCUT2D eigenvalue weighted by Gasteiger charge is 2.56. The number of aromatic nitrogens is 1. The number of anilines is 2. The molecule has 2 N–H and O–H groups in total. The first kappa shape index (κ1) is 29.4. The van der Waals surface area contributed by atoms with Crippen LogP contribution in [0.5, 0.6) is 5.75 Å². The number of nitrogens with one attached hydrogen (secondary N) is 2. The molecule has 0 aliphatic carbocycles. The van der Waals surface area contributed by atoms with Gasteiger partial charge in [-0.2, -0.15) is 0 Å². The monoisotopic (exact) mass is 629 g/mol. The molecule has 0 spiro atoms. The molecular weight excluding hydrogens is 603 g/mol. The van der Waals surface area contributed by atoms with Crippen LogP contribution in [0.1, 0.15) is 39.2 Å². The van der Waals surface area contributed by atoms with Gasteiger partial charge in [-0.25, -0.2) is 9.69 Å². The summed E-state index contributed by atoms with van der Waals surface area (Å²) < 4.78 is 10.9. The van der Waals surface area contributed by atoms with Crippen molar-refractivity contribution in [2.75, 3.05) is 23.4 Å². The number of nitrogens with zero attached hydrogens (tertiary/aromatic N) is 1. The lowest BCUT2D eigenvalue weighted by Gasteiger charge is -2.30.